The van der Waals surface area contributed by atoms with Crippen LogP contribution in [0.3, 0.4) is 0 Å². The second-order valence-electron chi connectivity index (χ2n) is 9.56. The molecule has 11 heteroatoms. The van der Waals surface area contributed by atoms with E-state index in [4.69, 9.17) is 0 Å². The van der Waals surface area contributed by atoms with Crippen LogP contribution in [0.5, 0.6) is 0 Å². The molecule has 200 valence electrons. The highest BCUT2D eigenvalue weighted by atomic mass is 32.2. The maximum Gasteiger partial charge on any atom is 0.257 e. The minimum atomic E-state index is -3.63. The van der Waals surface area contributed by atoms with E-state index in [2.05, 4.69) is 5.32 Å². The lowest BCUT2D eigenvalue weighted by atomic mass is 10.0. The standard InChI is InChI=1S/C26H34N4O5S2/c1-4-5-13-28(3)37(34,35)20-10-8-19(9-11-20)24(32)27-25-23(26(33)29-14-6-7-15-29)21-12-16-30(18(2)31)17-22(21)36-25/h8-11H,4-7,12-17H2,1-3H3,(H,27,32). The maximum atomic E-state index is 13.5. The third kappa shape index (κ3) is 5.73. The first-order valence-electron chi connectivity index (χ1n) is 12.7. The Morgan fingerprint density at radius 1 is 1.05 bits per heavy atom. The van der Waals surface area contributed by atoms with Gasteiger partial charge in [0.15, 0.2) is 0 Å². The predicted octanol–water partition coefficient (Wildman–Crippen LogP) is 3.56. The molecule has 1 saturated heterocycles. The van der Waals surface area contributed by atoms with E-state index in [-0.39, 0.29) is 16.7 Å². The second kappa shape index (κ2) is 11.3. The summed E-state index contributed by atoms with van der Waals surface area (Å²) in [5.41, 5.74) is 1.73. The molecule has 0 spiro atoms. The SMILES string of the molecule is CCCCN(C)S(=O)(=O)c1ccc(C(=O)Nc2sc3c(c2C(=O)N2CCCC2)CCN(C(C)=O)C3)cc1. The number of unbranched alkanes of at least 4 members (excludes halogenated alkanes) is 1. The molecule has 3 heterocycles. The number of likely N-dealkylation sites (tertiary alicyclic amines) is 1. The Bertz CT molecular complexity index is 1280. The summed E-state index contributed by atoms with van der Waals surface area (Å²) in [6, 6.07) is 5.85. The maximum absolute atomic E-state index is 13.5. The fraction of sp³-hybridized carbons (Fsp3) is 0.500. The van der Waals surface area contributed by atoms with Gasteiger partial charge >= 0.3 is 0 Å². The Kier molecular flexibility index (Phi) is 8.35. The molecule has 0 aliphatic carbocycles. The zero-order chi connectivity index (χ0) is 26.7. The normalized spacial score (nSPS) is 15.7. The molecule has 1 fully saturated rings. The summed E-state index contributed by atoms with van der Waals surface area (Å²) < 4.78 is 26.9. The summed E-state index contributed by atoms with van der Waals surface area (Å²) >= 11 is 1.34. The molecule has 2 aliphatic heterocycles. The van der Waals surface area contributed by atoms with Gasteiger partial charge in [0.2, 0.25) is 15.9 Å². The van der Waals surface area contributed by atoms with E-state index in [1.54, 1.807) is 11.9 Å². The molecule has 2 aliphatic rings. The lowest BCUT2D eigenvalue weighted by Crippen LogP contribution is -2.35. The highest BCUT2D eigenvalue weighted by Crippen LogP contribution is 2.38. The monoisotopic (exact) mass is 546 g/mol. The van der Waals surface area contributed by atoms with Crippen LogP contribution < -0.4 is 5.32 Å². The Labute approximate surface area is 222 Å². The lowest BCUT2D eigenvalue weighted by molar-refractivity contribution is -0.129. The van der Waals surface area contributed by atoms with Crippen molar-refractivity contribution in [2.75, 3.05) is 38.5 Å². The summed E-state index contributed by atoms with van der Waals surface area (Å²) in [6.07, 6.45) is 4.14. The zero-order valence-corrected chi connectivity index (χ0v) is 23.2. The average Bonchev–Trinajstić information content (AvgIpc) is 3.54. The third-order valence-corrected chi connectivity index (χ3v) is 9.99. The molecule has 0 saturated carbocycles. The van der Waals surface area contributed by atoms with Crippen molar-refractivity contribution in [2.24, 2.45) is 0 Å². The second-order valence-corrected chi connectivity index (χ2v) is 12.7. The highest BCUT2D eigenvalue weighted by Gasteiger charge is 2.32. The van der Waals surface area contributed by atoms with Crippen LogP contribution in [-0.4, -0.2) is 73.5 Å². The molecule has 2 aromatic rings. The molecular formula is C26H34N4O5S2. The van der Waals surface area contributed by atoms with E-state index >= 15 is 0 Å². The van der Waals surface area contributed by atoms with Gasteiger partial charge in [0.25, 0.3) is 11.8 Å². The van der Waals surface area contributed by atoms with Crippen molar-refractivity contribution in [2.45, 2.75) is 57.4 Å². The van der Waals surface area contributed by atoms with Gasteiger partial charge in [-0.3, -0.25) is 14.4 Å². The van der Waals surface area contributed by atoms with Gasteiger partial charge < -0.3 is 15.1 Å². The van der Waals surface area contributed by atoms with Gasteiger partial charge in [0.1, 0.15) is 5.00 Å². The summed E-state index contributed by atoms with van der Waals surface area (Å²) in [5, 5.41) is 3.39. The smallest absolute Gasteiger partial charge is 0.257 e. The number of rotatable bonds is 8. The quantitative estimate of drug-likeness (QED) is 0.545. The number of nitrogens with one attached hydrogen (secondary N) is 1. The van der Waals surface area contributed by atoms with Crippen molar-refractivity contribution in [3.63, 3.8) is 0 Å². The van der Waals surface area contributed by atoms with Gasteiger partial charge in [-0.05, 0) is 55.5 Å². The molecule has 37 heavy (non-hydrogen) atoms. The molecule has 0 radical (unpaired) electrons. The van der Waals surface area contributed by atoms with Crippen LogP contribution in [0.4, 0.5) is 5.00 Å². The van der Waals surface area contributed by atoms with Crippen LogP contribution in [0.15, 0.2) is 29.2 Å². The number of amides is 3. The molecule has 3 amide bonds. The van der Waals surface area contributed by atoms with E-state index in [1.165, 1.54) is 46.8 Å². The Balaban J connectivity index is 1.58. The third-order valence-electron chi connectivity index (χ3n) is 6.99. The molecule has 1 N–H and O–H groups in total. The number of carbonyl (C=O) groups excluding carboxylic acids is 3. The van der Waals surface area contributed by atoms with Crippen molar-refractivity contribution in [1.29, 1.82) is 0 Å². The van der Waals surface area contributed by atoms with E-state index in [0.29, 0.717) is 55.3 Å². The molecule has 0 unspecified atom stereocenters. The van der Waals surface area contributed by atoms with Crippen molar-refractivity contribution in [3.8, 4) is 0 Å². The van der Waals surface area contributed by atoms with E-state index < -0.39 is 15.9 Å². The molecular weight excluding hydrogens is 512 g/mol. The number of thiophene rings is 1. The van der Waals surface area contributed by atoms with Crippen molar-refractivity contribution in [1.82, 2.24) is 14.1 Å². The summed E-state index contributed by atoms with van der Waals surface area (Å²) in [5.74, 6) is -0.522. The van der Waals surface area contributed by atoms with Crippen molar-refractivity contribution >= 4 is 44.1 Å². The first-order valence-corrected chi connectivity index (χ1v) is 15.0. The zero-order valence-electron chi connectivity index (χ0n) is 21.6. The first-order chi connectivity index (χ1) is 17.6. The Morgan fingerprint density at radius 2 is 1.73 bits per heavy atom. The topological polar surface area (TPSA) is 107 Å². The number of sulfonamides is 1. The molecule has 9 nitrogen and oxygen atoms in total. The largest absolute Gasteiger partial charge is 0.339 e. The summed E-state index contributed by atoms with van der Waals surface area (Å²) in [6.45, 7) is 6.31. The molecule has 4 rings (SSSR count). The van der Waals surface area contributed by atoms with Crippen molar-refractivity contribution < 1.29 is 22.8 Å². The average molecular weight is 547 g/mol. The molecule has 0 atom stereocenters. The Morgan fingerprint density at radius 3 is 2.35 bits per heavy atom. The summed E-state index contributed by atoms with van der Waals surface area (Å²) in [4.78, 5) is 43.2. The minimum Gasteiger partial charge on any atom is -0.339 e. The van der Waals surface area contributed by atoms with Gasteiger partial charge in [0, 0.05) is 50.6 Å². The number of hydrogen-bond donors (Lipinski definition) is 1. The molecule has 1 aromatic heterocycles. The van der Waals surface area contributed by atoms with Crippen molar-refractivity contribution in [3.05, 3.63) is 45.8 Å². The van der Waals surface area contributed by atoms with Crippen LogP contribution in [0, 0.1) is 0 Å². The lowest BCUT2D eigenvalue weighted by Gasteiger charge is -2.26. The Hall–Kier alpha value is -2.76. The van der Waals surface area contributed by atoms with Gasteiger partial charge in [-0.1, -0.05) is 13.3 Å². The van der Waals surface area contributed by atoms with E-state index in [9.17, 15) is 22.8 Å². The number of benzene rings is 1. The van der Waals surface area contributed by atoms with Crippen LogP contribution in [-0.2, 0) is 27.8 Å². The van der Waals surface area contributed by atoms with Gasteiger partial charge in [-0.2, -0.15) is 0 Å². The number of fused-ring (bicyclic) bond motifs is 1. The number of carbonyl (C=O) groups is 3. The van der Waals surface area contributed by atoms with Gasteiger partial charge in [-0.25, -0.2) is 12.7 Å². The highest BCUT2D eigenvalue weighted by molar-refractivity contribution is 7.89. The number of anilines is 1. The fourth-order valence-electron chi connectivity index (χ4n) is 4.70. The van der Waals surface area contributed by atoms with E-state index in [0.717, 1.165) is 36.1 Å². The summed E-state index contributed by atoms with van der Waals surface area (Å²) in [7, 11) is -2.08. The van der Waals surface area contributed by atoms with Gasteiger partial charge in [-0.15, -0.1) is 11.3 Å². The van der Waals surface area contributed by atoms with Crippen LogP contribution in [0.1, 0.15) is 70.7 Å². The van der Waals surface area contributed by atoms with E-state index in [1.807, 2.05) is 11.8 Å². The molecule has 1 aromatic carbocycles. The fourth-order valence-corrected chi connectivity index (χ4v) is 7.16. The van der Waals surface area contributed by atoms with Crippen LogP contribution in [0.2, 0.25) is 0 Å². The number of hydrogen-bond acceptors (Lipinski definition) is 6. The first kappa shape index (κ1) is 27.3. The number of nitrogens with zero attached hydrogens (tertiary/aromatic N) is 3. The minimum absolute atomic E-state index is 0.0209. The van der Waals surface area contributed by atoms with Crippen LogP contribution in [0.25, 0.3) is 0 Å². The molecule has 0 bridgehead atoms. The van der Waals surface area contributed by atoms with Gasteiger partial charge in [0.05, 0.1) is 17.0 Å². The van der Waals surface area contributed by atoms with Crippen LogP contribution >= 0.6 is 11.3 Å². The predicted molar refractivity (Wildman–Crippen MR) is 143 cm³/mol.